The minimum Gasteiger partial charge on any atom is -0.342 e. The number of carbonyl (C=O) groups excluding carboxylic acids is 1. The Morgan fingerprint density at radius 2 is 2.22 bits per heavy atom. The van der Waals surface area contributed by atoms with Crippen molar-refractivity contribution >= 4 is 16.8 Å². The first-order chi connectivity index (χ1) is 11.3. The molecular formula is C18H24N4O. The third-order valence-electron chi connectivity index (χ3n) is 4.67. The van der Waals surface area contributed by atoms with Gasteiger partial charge in [-0.25, -0.2) is 0 Å². The second kappa shape index (κ2) is 7.51. The van der Waals surface area contributed by atoms with Gasteiger partial charge in [0.2, 0.25) is 5.91 Å². The van der Waals surface area contributed by atoms with E-state index in [1.807, 2.05) is 30.4 Å². The second-order valence-corrected chi connectivity index (χ2v) is 6.28. The number of nitrogens with one attached hydrogen (secondary N) is 1. The van der Waals surface area contributed by atoms with Crippen LogP contribution >= 0.6 is 0 Å². The summed E-state index contributed by atoms with van der Waals surface area (Å²) >= 11 is 0. The predicted octanol–water partition coefficient (Wildman–Crippen LogP) is 2.02. The van der Waals surface area contributed by atoms with Crippen LogP contribution in [0.4, 0.5) is 0 Å². The van der Waals surface area contributed by atoms with Gasteiger partial charge in [-0.2, -0.15) is 0 Å². The zero-order valence-corrected chi connectivity index (χ0v) is 13.7. The third kappa shape index (κ3) is 3.85. The molecule has 3 heterocycles. The highest BCUT2D eigenvalue weighted by Gasteiger charge is 2.20. The van der Waals surface area contributed by atoms with Gasteiger partial charge in [-0.3, -0.25) is 14.8 Å². The molecule has 0 aliphatic carbocycles. The molecule has 1 fully saturated rings. The highest BCUT2D eigenvalue weighted by Crippen LogP contribution is 2.25. The second-order valence-electron chi connectivity index (χ2n) is 6.28. The zero-order valence-electron chi connectivity index (χ0n) is 13.7. The average molecular weight is 312 g/mol. The number of hydrogen-bond acceptors (Lipinski definition) is 4. The summed E-state index contributed by atoms with van der Waals surface area (Å²) in [6.45, 7) is 2.19. The van der Waals surface area contributed by atoms with Gasteiger partial charge < -0.3 is 10.2 Å². The van der Waals surface area contributed by atoms with Crippen LogP contribution in [0.1, 0.15) is 24.8 Å². The first-order valence-corrected chi connectivity index (χ1v) is 8.38. The Balaban J connectivity index is 1.67. The van der Waals surface area contributed by atoms with E-state index in [0.717, 1.165) is 43.3 Å². The van der Waals surface area contributed by atoms with Gasteiger partial charge in [0.25, 0.3) is 0 Å². The Morgan fingerprint density at radius 3 is 3.09 bits per heavy atom. The van der Waals surface area contributed by atoms with Gasteiger partial charge in [0, 0.05) is 37.1 Å². The Bertz CT molecular complexity index is 668. The van der Waals surface area contributed by atoms with E-state index in [4.69, 9.17) is 0 Å². The van der Waals surface area contributed by atoms with Crippen molar-refractivity contribution in [1.29, 1.82) is 0 Å². The van der Waals surface area contributed by atoms with Crippen molar-refractivity contribution in [3.8, 4) is 0 Å². The lowest BCUT2D eigenvalue weighted by Gasteiger charge is -2.20. The molecule has 1 amide bonds. The minimum atomic E-state index is 0.215. The number of amides is 1. The van der Waals surface area contributed by atoms with Crippen LogP contribution in [0.3, 0.4) is 0 Å². The van der Waals surface area contributed by atoms with Crippen LogP contribution in [0, 0.1) is 5.92 Å². The molecule has 2 aromatic rings. The summed E-state index contributed by atoms with van der Waals surface area (Å²) < 4.78 is 0. The van der Waals surface area contributed by atoms with Crippen LogP contribution in [-0.4, -0.2) is 47.5 Å². The van der Waals surface area contributed by atoms with Gasteiger partial charge in [-0.15, -0.1) is 0 Å². The number of likely N-dealkylation sites (tertiary alicyclic amines) is 1. The van der Waals surface area contributed by atoms with E-state index in [-0.39, 0.29) is 5.91 Å². The van der Waals surface area contributed by atoms with Crippen LogP contribution in [0.25, 0.3) is 10.9 Å². The number of pyridine rings is 2. The summed E-state index contributed by atoms with van der Waals surface area (Å²) in [5.41, 5.74) is 2.33. The van der Waals surface area contributed by atoms with Gasteiger partial charge in [-0.05, 0) is 56.3 Å². The molecule has 0 aromatic carbocycles. The van der Waals surface area contributed by atoms with Gasteiger partial charge in [0.15, 0.2) is 0 Å². The van der Waals surface area contributed by atoms with Crippen molar-refractivity contribution in [2.45, 2.75) is 25.7 Å². The lowest BCUT2D eigenvalue weighted by Crippen LogP contribution is -2.37. The first kappa shape index (κ1) is 15.9. The Kier molecular flexibility index (Phi) is 5.18. The highest BCUT2D eigenvalue weighted by atomic mass is 16.2. The summed E-state index contributed by atoms with van der Waals surface area (Å²) in [6.07, 6.45) is 9.96. The number of fused-ring (bicyclic) bond motifs is 1. The maximum Gasteiger partial charge on any atom is 0.236 e. The summed E-state index contributed by atoms with van der Waals surface area (Å²) in [5.74, 6) is 0.833. The number of carbonyl (C=O) groups is 1. The maximum atomic E-state index is 12.0. The summed E-state index contributed by atoms with van der Waals surface area (Å²) in [7, 11) is 1.82. The van der Waals surface area contributed by atoms with Gasteiger partial charge in [0.1, 0.15) is 0 Å². The molecule has 0 radical (unpaired) electrons. The van der Waals surface area contributed by atoms with Gasteiger partial charge in [0.05, 0.1) is 12.1 Å². The number of likely N-dealkylation sites (N-methyl/N-ethyl adjacent to an activating group) is 1. The fraction of sp³-hybridized carbons (Fsp3) is 0.500. The molecule has 1 saturated heterocycles. The fourth-order valence-electron chi connectivity index (χ4n) is 3.42. The first-order valence-electron chi connectivity index (χ1n) is 8.38. The zero-order chi connectivity index (χ0) is 16.1. The third-order valence-corrected chi connectivity index (χ3v) is 4.67. The number of nitrogens with zero attached hydrogens (tertiary/aromatic N) is 3. The Labute approximate surface area is 137 Å². The normalized spacial score (nSPS) is 18.8. The molecule has 23 heavy (non-hydrogen) atoms. The minimum absolute atomic E-state index is 0.215. The van der Waals surface area contributed by atoms with Crippen molar-refractivity contribution in [3.63, 3.8) is 0 Å². The monoisotopic (exact) mass is 312 g/mol. The molecule has 1 N–H and O–H groups in total. The van der Waals surface area contributed by atoms with Crippen molar-refractivity contribution in [2.75, 3.05) is 26.7 Å². The Morgan fingerprint density at radius 1 is 1.30 bits per heavy atom. The molecule has 5 heteroatoms. The molecule has 0 bridgehead atoms. The van der Waals surface area contributed by atoms with E-state index in [1.54, 1.807) is 6.20 Å². The summed E-state index contributed by atoms with van der Waals surface area (Å²) in [4.78, 5) is 22.7. The molecule has 122 valence electrons. The lowest BCUT2D eigenvalue weighted by atomic mass is 9.92. The molecule has 0 saturated carbocycles. The molecule has 2 aromatic heterocycles. The Hall–Kier alpha value is -2.01. The SMILES string of the molecule is CNCC(=O)N1CCC[C@@H](Cc2ccnc3ccncc23)CC1. The molecule has 1 aliphatic heterocycles. The summed E-state index contributed by atoms with van der Waals surface area (Å²) in [6, 6.07) is 4.07. The van der Waals surface area contributed by atoms with Gasteiger partial charge in [-0.1, -0.05) is 0 Å². The quantitative estimate of drug-likeness (QED) is 0.938. The largest absolute Gasteiger partial charge is 0.342 e. The van der Waals surface area contributed by atoms with E-state index in [9.17, 15) is 4.79 Å². The molecule has 1 aliphatic rings. The molecule has 1 atom stereocenters. The predicted molar refractivity (Wildman–Crippen MR) is 91.1 cm³/mol. The number of aromatic nitrogens is 2. The van der Waals surface area contributed by atoms with Crippen LogP contribution < -0.4 is 5.32 Å². The van der Waals surface area contributed by atoms with Crippen molar-refractivity contribution < 1.29 is 4.79 Å². The topological polar surface area (TPSA) is 58.1 Å². The molecule has 5 nitrogen and oxygen atoms in total. The van der Waals surface area contributed by atoms with Crippen molar-refractivity contribution in [1.82, 2.24) is 20.2 Å². The standard InChI is InChI=1S/C18H24N4O/c1-19-13-18(23)22-9-2-3-14(6-10-22)11-15-4-8-21-17-5-7-20-12-16(15)17/h4-5,7-8,12,14,19H,2-3,6,9-11,13H2,1H3/t14-/m1/s1. The highest BCUT2D eigenvalue weighted by molar-refractivity contribution is 5.80. The van der Waals surface area contributed by atoms with E-state index in [1.165, 1.54) is 12.0 Å². The van der Waals surface area contributed by atoms with Crippen LogP contribution in [0.15, 0.2) is 30.7 Å². The van der Waals surface area contributed by atoms with Gasteiger partial charge >= 0.3 is 0 Å². The lowest BCUT2D eigenvalue weighted by molar-refractivity contribution is -0.130. The van der Waals surface area contributed by atoms with E-state index < -0.39 is 0 Å². The van der Waals surface area contributed by atoms with Crippen LogP contribution in [-0.2, 0) is 11.2 Å². The fourth-order valence-corrected chi connectivity index (χ4v) is 3.42. The molecular weight excluding hydrogens is 288 g/mol. The van der Waals surface area contributed by atoms with Crippen molar-refractivity contribution in [3.05, 3.63) is 36.3 Å². The summed E-state index contributed by atoms with van der Waals surface area (Å²) in [5, 5.41) is 4.11. The van der Waals surface area contributed by atoms with Crippen LogP contribution in [0.2, 0.25) is 0 Å². The number of hydrogen-bond donors (Lipinski definition) is 1. The maximum absolute atomic E-state index is 12.0. The molecule has 0 spiro atoms. The molecule has 3 rings (SSSR count). The smallest absolute Gasteiger partial charge is 0.236 e. The van der Waals surface area contributed by atoms with Crippen molar-refractivity contribution in [2.24, 2.45) is 5.92 Å². The number of rotatable bonds is 4. The van der Waals surface area contributed by atoms with E-state index >= 15 is 0 Å². The average Bonchev–Trinajstić information content (AvgIpc) is 2.81. The van der Waals surface area contributed by atoms with E-state index in [2.05, 4.69) is 21.4 Å². The molecule has 0 unspecified atom stereocenters. The van der Waals surface area contributed by atoms with E-state index in [0.29, 0.717) is 12.5 Å². The van der Waals surface area contributed by atoms with Crippen LogP contribution in [0.5, 0.6) is 0 Å².